The van der Waals surface area contributed by atoms with Gasteiger partial charge < -0.3 is 19.1 Å². The Morgan fingerprint density at radius 1 is 0.800 bits per heavy atom. The van der Waals surface area contributed by atoms with Gasteiger partial charge in [0.05, 0.1) is 18.8 Å². The average Bonchev–Trinajstić information content (AvgIpc) is 2.89. The number of hydrogen-bond donors (Lipinski definition) is 0. The highest BCUT2D eigenvalue weighted by Crippen LogP contribution is 2.30. The van der Waals surface area contributed by atoms with Crippen LogP contribution in [0, 0.1) is 0 Å². The van der Waals surface area contributed by atoms with Crippen molar-refractivity contribution in [3.05, 3.63) is 89.5 Å². The minimum Gasteiger partial charge on any atom is -0.490 e. The van der Waals surface area contributed by atoms with E-state index < -0.39 is 12.1 Å². The number of amides is 1. The minimum atomic E-state index is -1.05. The molecule has 35 heavy (non-hydrogen) atoms. The smallest absolute Gasteiger partial charge is 0.339 e. The normalized spacial score (nSPS) is 11.3. The highest BCUT2D eigenvalue weighted by Gasteiger charge is 2.26. The Morgan fingerprint density at radius 3 is 2.06 bits per heavy atom. The number of likely N-dealkylation sites (N-methyl/N-ethyl adjacent to an activating group) is 1. The Balaban J connectivity index is 1.82. The Bertz CT molecular complexity index is 1190. The van der Waals surface area contributed by atoms with E-state index in [1.54, 1.807) is 55.6 Å². The van der Waals surface area contributed by atoms with Gasteiger partial charge >= 0.3 is 5.97 Å². The molecule has 7 nitrogen and oxygen atoms in total. The number of nitrogens with zero attached hydrogens (tertiary/aromatic N) is 1. The van der Waals surface area contributed by atoms with Crippen molar-refractivity contribution in [1.82, 2.24) is 0 Å². The van der Waals surface area contributed by atoms with Crippen LogP contribution in [0.5, 0.6) is 11.5 Å². The number of para-hydroxylation sites is 1. The summed E-state index contributed by atoms with van der Waals surface area (Å²) in [6.07, 6.45) is -1.05. The third kappa shape index (κ3) is 6.06. The summed E-state index contributed by atoms with van der Waals surface area (Å²) in [6, 6.07) is 20.3. The van der Waals surface area contributed by atoms with Gasteiger partial charge in [-0.1, -0.05) is 36.4 Å². The molecule has 0 N–H and O–H groups in total. The molecule has 1 atom stereocenters. The summed E-state index contributed by atoms with van der Waals surface area (Å²) in [4.78, 5) is 40.5. The van der Waals surface area contributed by atoms with Gasteiger partial charge in [-0.2, -0.15) is 0 Å². The first-order chi connectivity index (χ1) is 16.9. The van der Waals surface area contributed by atoms with Crippen molar-refractivity contribution in [2.45, 2.75) is 26.9 Å². The molecule has 0 saturated heterocycles. The molecular weight excluding hydrogens is 446 g/mol. The zero-order valence-corrected chi connectivity index (χ0v) is 20.3. The molecule has 3 rings (SSSR count). The summed E-state index contributed by atoms with van der Waals surface area (Å²) in [5, 5.41) is 0. The van der Waals surface area contributed by atoms with Crippen LogP contribution in [0.25, 0.3) is 0 Å². The van der Waals surface area contributed by atoms with Crippen molar-refractivity contribution in [3.8, 4) is 11.5 Å². The summed E-state index contributed by atoms with van der Waals surface area (Å²) in [6.45, 7) is 6.07. The maximum absolute atomic E-state index is 13.3. The van der Waals surface area contributed by atoms with E-state index in [-0.39, 0.29) is 22.8 Å². The molecule has 182 valence electrons. The predicted octanol–water partition coefficient (Wildman–Crippen LogP) is 4.92. The molecule has 0 saturated carbocycles. The topological polar surface area (TPSA) is 82.1 Å². The van der Waals surface area contributed by atoms with E-state index in [1.165, 1.54) is 17.9 Å². The SMILES string of the molecule is CCOc1ccc(C(=O)c2ccccc2C(=O)OC(C)C(=O)N(C)c2ccccc2)cc1OCC. The lowest BCUT2D eigenvalue weighted by molar-refractivity contribution is -0.126. The molecule has 0 aromatic heterocycles. The summed E-state index contributed by atoms with van der Waals surface area (Å²) >= 11 is 0. The largest absolute Gasteiger partial charge is 0.490 e. The van der Waals surface area contributed by atoms with E-state index in [2.05, 4.69) is 0 Å². The number of ketones is 1. The molecule has 1 unspecified atom stereocenters. The third-order valence-electron chi connectivity index (χ3n) is 5.30. The number of carbonyl (C=O) groups is 3. The van der Waals surface area contributed by atoms with Crippen LogP contribution in [0.15, 0.2) is 72.8 Å². The molecule has 1 amide bonds. The van der Waals surface area contributed by atoms with Gasteiger partial charge in [0.1, 0.15) is 0 Å². The quantitative estimate of drug-likeness (QED) is 0.306. The van der Waals surface area contributed by atoms with E-state index in [1.807, 2.05) is 32.0 Å². The van der Waals surface area contributed by atoms with Gasteiger partial charge in [0.2, 0.25) is 0 Å². The fourth-order valence-electron chi connectivity index (χ4n) is 3.53. The van der Waals surface area contributed by atoms with Gasteiger partial charge in [0, 0.05) is 23.9 Å². The van der Waals surface area contributed by atoms with E-state index in [0.29, 0.717) is 36.0 Å². The maximum Gasteiger partial charge on any atom is 0.339 e. The summed E-state index contributed by atoms with van der Waals surface area (Å²) in [5.74, 6) is -0.535. The monoisotopic (exact) mass is 475 g/mol. The number of benzene rings is 3. The van der Waals surface area contributed by atoms with Crippen LogP contribution in [0.2, 0.25) is 0 Å². The van der Waals surface area contributed by atoms with Crippen LogP contribution in [0.3, 0.4) is 0 Å². The lowest BCUT2D eigenvalue weighted by Gasteiger charge is -2.22. The van der Waals surface area contributed by atoms with E-state index in [9.17, 15) is 14.4 Å². The Morgan fingerprint density at radius 2 is 1.40 bits per heavy atom. The van der Waals surface area contributed by atoms with E-state index in [4.69, 9.17) is 14.2 Å². The molecule has 3 aromatic carbocycles. The van der Waals surface area contributed by atoms with Gasteiger partial charge in [-0.05, 0) is 57.2 Å². The molecule has 0 aliphatic carbocycles. The zero-order chi connectivity index (χ0) is 25.4. The number of ether oxygens (including phenoxy) is 3. The van der Waals surface area contributed by atoms with Crippen LogP contribution >= 0.6 is 0 Å². The first-order valence-corrected chi connectivity index (χ1v) is 11.4. The van der Waals surface area contributed by atoms with E-state index >= 15 is 0 Å². The number of rotatable bonds is 10. The molecular formula is C28H29NO6. The lowest BCUT2D eigenvalue weighted by Crippen LogP contribution is -2.37. The summed E-state index contributed by atoms with van der Waals surface area (Å²) < 4.78 is 16.6. The van der Waals surface area contributed by atoms with Crippen LogP contribution in [0.1, 0.15) is 47.1 Å². The molecule has 0 bridgehead atoms. The fraction of sp³-hybridized carbons (Fsp3) is 0.250. The Hall–Kier alpha value is -4.13. The van der Waals surface area contributed by atoms with Crippen molar-refractivity contribution < 1.29 is 28.6 Å². The lowest BCUT2D eigenvalue weighted by atomic mass is 9.98. The second-order valence-corrected chi connectivity index (χ2v) is 7.68. The first kappa shape index (κ1) is 25.5. The molecule has 0 aliphatic rings. The maximum atomic E-state index is 13.3. The van der Waals surface area contributed by atoms with Crippen LogP contribution < -0.4 is 14.4 Å². The van der Waals surface area contributed by atoms with Gasteiger partial charge in [-0.15, -0.1) is 0 Å². The van der Waals surface area contributed by atoms with Crippen molar-refractivity contribution in [3.63, 3.8) is 0 Å². The van der Waals surface area contributed by atoms with E-state index in [0.717, 1.165) is 0 Å². The van der Waals surface area contributed by atoms with Gasteiger partial charge in [0.15, 0.2) is 23.4 Å². The Labute approximate surface area is 205 Å². The first-order valence-electron chi connectivity index (χ1n) is 11.4. The van der Waals surface area contributed by atoms with Gasteiger partial charge in [0.25, 0.3) is 5.91 Å². The standard InChI is InChI=1S/C28H29NO6/c1-5-33-24-17-16-20(18-25(24)34-6-2)26(30)22-14-10-11-15-23(22)28(32)35-19(3)27(31)29(4)21-12-8-7-9-13-21/h7-19H,5-6H2,1-4H3. The van der Waals surface area contributed by atoms with Gasteiger partial charge in [-0.3, -0.25) is 9.59 Å². The zero-order valence-electron chi connectivity index (χ0n) is 20.3. The number of anilines is 1. The van der Waals surface area contributed by atoms with Crippen LogP contribution in [0.4, 0.5) is 5.69 Å². The molecule has 7 heteroatoms. The minimum absolute atomic E-state index is 0.0753. The molecule has 3 aromatic rings. The average molecular weight is 476 g/mol. The summed E-state index contributed by atoms with van der Waals surface area (Å²) in [5.41, 5.74) is 1.26. The fourth-order valence-corrected chi connectivity index (χ4v) is 3.53. The number of hydrogen-bond acceptors (Lipinski definition) is 6. The number of esters is 1. The van der Waals surface area contributed by atoms with Crippen molar-refractivity contribution in [2.75, 3.05) is 25.2 Å². The molecule has 0 aliphatic heterocycles. The molecule has 0 fully saturated rings. The van der Waals surface area contributed by atoms with Crippen molar-refractivity contribution >= 4 is 23.3 Å². The predicted molar refractivity (Wildman–Crippen MR) is 133 cm³/mol. The van der Waals surface area contributed by atoms with Gasteiger partial charge in [-0.25, -0.2) is 4.79 Å². The van der Waals surface area contributed by atoms with Crippen molar-refractivity contribution in [1.29, 1.82) is 0 Å². The van der Waals surface area contributed by atoms with Crippen LogP contribution in [-0.2, 0) is 9.53 Å². The van der Waals surface area contributed by atoms with Crippen LogP contribution in [-0.4, -0.2) is 44.0 Å². The molecule has 0 radical (unpaired) electrons. The number of carbonyl (C=O) groups excluding carboxylic acids is 3. The molecule has 0 spiro atoms. The Kier molecular flexibility index (Phi) is 8.62. The second-order valence-electron chi connectivity index (χ2n) is 7.68. The highest BCUT2D eigenvalue weighted by molar-refractivity contribution is 6.15. The molecule has 0 heterocycles. The third-order valence-corrected chi connectivity index (χ3v) is 5.30. The summed E-state index contributed by atoms with van der Waals surface area (Å²) in [7, 11) is 1.61. The highest BCUT2D eigenvalue weighted by atomic mass is 16.5. The second kappa shape index (κ2) is 11.8. The van der Waals surface area contributed by atoms with Crippen molar-refractivity contribution in [2.24, 2.45) is 0 Å².